The van der Waals surface area contributed by atoms with Crippen molar-refractivity contribution in [2.24, 2.45) is 11.7 Å². The molecule has 0 radical (unpaired) electrons. The second kappa shape index (κ2) is 8.88. The summed E-state index contributed by atoms with van der Waals surface area (Å²) >= 11 is 0. The van der Waals surface area contributed by atoms with Gasteiger partial charge in [-0.25, -0.2) is 0 Å². The third-order valence-corrected chi connectivity index (χ3v) is 5.56. The summed E-state index contributed by atoms with van der Waals surface area (Å²) < 4.78 is 0. The second-order valence-electron chi connectivity index (χ2n) is 7.26. The number of para-hydroxylation sites is 1. The van der Waals surface area contributed by atoms with Crippen LogP contribution in [-0.2, 0) is 14.4 Å². The smallest absolute Gasteiger partial charge is 0.223 e. The van der Waals surface area contributed by atoms with Crippen LogP contribution in [0.5, 0.6) is 0 Å². The molecule has 2 fully saturated rings. The van der Waals surface area contributed by atoms with E-state index in [0.29, 0.717) is 39.0 Å². The van der Waals surface area contributed by atoms with E-state index < -0.39 is 0 Å². The van der Waals surface area contributed by atoms with Crippen LogP contribution in [0.15, 0.2) is 30.3 Å². The molecule has 0 unspecified atom stereocenters. The van der Waals surface area contributed by atoms with Crippen LogP contribution < -0.4 is 10.6 Å². The number of anilines is 1. The van der Waals surface area contributed by atoms with Crippen LogP contribution in [0.2, 0.25) is 0 Å². The normalized spacial score (nSPS) is 18.4. The minimum atomic E-state index is -0.285. The molecule has 0 spiro atoms. The van der Waals surface area contributed by atoms with Gasteiger partial charge in [-0.1, -0.05) is 18.2 Å². The van der Waals surface area contributed by atoms with Crippen LogP contribution in [0, 0.1) is 5.92 Å². The third kappa shape index (κ3) is 4.99. The number of likely N-dealkylation sites (tertiary alicyclic amines) is 1. The minimum absolute atomic E-state index is 0.00538. The zero-order valence-corrected chi connectivity index (χ0v) is 15.7. The number of nitrogens with two attached hydrogens (primary N) is 1. The summed E-state index contributed by atoms with van der Waals surface area (Å²) in [6, 6.07) is 10.2. The predicted octanol–water partition coefficient (Wildman–Crippen LogP) is 0.839. The van der Waals surface area contributed by atoms with Crippen LogP contribution in [-0.4, -0.2) is 66.8 Å². The molecule has 2 saturated heterocycles. The third-order valence-electron chi connectivity index (χ3n) is 5.56. The summed E-state index contributed by atoms with van der Waals surface area (Å²) in [5, 5.41) is 0. The van der Waals surface area contributed by atoms with Crippen molar-refractivity contribution in [1.82, 2.24) is 9.80 Å². The van der Waals surface area contributed by atoms with Gasteiger partial charge >= 0.3 is 0 Å². The van der Waals surface area contributed by atoms with E-state index in [4.69, 9.17) is 5.73 Å². The number of piperazine rings is 1. The number of hydrogen-bond acceptors (Lipinski definition) is 4. The van der Waals surface area contributed by atoms with Crippen molar-refractivity contribution in [2.45, 2.75) is 25.7 Å². The molecule has 3 rings (SSSR count). The number of rotatable bonds is 5. The number of nitrogens with zero attached hydrogens (tertiary/aromatic N) is 3. The number of piperidine rings is 1. The Labute approximate surface area is 160 Å². The summed E-state index contributed by atoms with van der Waals surface area (Å²) in [6.07, 6.45) is 1.73. The van der Waals surface area contributed by atoms with Gasteiger partial charge < -0.3 is 20.4 Å². The maximum Gasteiger partial charge on any atom is 0.223 e. The molecule has 7 nitrogen and oxygen atoms in total. The molecule has 2 aliphatic heterocycles. The zero-order valence-electron chi connectivity index (χ0n) is 15.7. The van der Waals surface area contributed by atoms with Gasteiger partial charge in [0.05, 0.1) is 0 Å². The monoisotopic (exact) mass is 372 g/mol. The predicted molar refractivity (Wildman–Crippen MR) is 103 cm³/mol. The van der Waals surface area contributed by atoms with Crippen molar-refractivity contribution in [3.63, 3.8) is 0 Å². The quantitative estimate of drug-likeness (QED) is 0.830. The van der Waals surface area contributed by atoms with Gasteiger partial charge in [-0.15, -0.1) is 0 Å². The lowest BCUT2D eigenvalue weighted by atomic mass is 9.96. The van der Waals surface area contributed by atoms with Gasteiger partial charge in [-0.3, -0.25) is 14.4 Å². The van der Waals surface area contributed by atoms with Crippen molar-refractivity contribution < 1.29 is 14.4 Å². The van der Waals surface area contributed by atoms with Gasteiger partial charge in [0.15, 0.2) is 0 Å². The first-order valence-corrected chi connectivity index (χ1v) is 9.69. The van der Waals surface area contributed by atoms with E-state index in [2.05, 4.69) is 17.0 Å². The molecule has 2 heterocycles. The van der Waals surface area contributed by atoms with Crippen molar-refractivity contribution in [3.05, 3.63) is 30.3 Å². The van der Waals surface area contributed by atoms with Crippen LogP contribution >= 0.6 is 0 Å². The van der Waals surface area contributed by atoms with Gasteiger partial charge in [0.2, 0.25) is 17.7 Å². The molecule has 0 bridgehead atoms. The van der Waals surface area contributed by atoms with E-state index in [0.717, 1.165) is 13.1 Å². The van der Waals surface area contributed by atoms with Crippen LogP contribution in [0.25, 0.3) is 0 Å². The maximum atomic E-state index is 12.4. The average molecular weight is 372 g/mol. The van der Waals surface area contributed by atoms with Crippen molar-refractivity contribution >= 4 is 23.4 Å². The van der Waals surface area contributed by atoms with Crippen LogP contribution in [0.1, 0.15) is 25.7 Å². The highest BCUT2D eigenvalue weighted by atomic mass is 16.2. The first kappa shape index (κ1) is 19.2. The molecule has 2 aliphatic rings. The summed E-state index contributed by atoms with van der Waals surface area (Å²) in [6.45, 7) is 4.10. The Bertz CT molecular complexity index is 663. The van der Waals surface area contributed by atoms with E-state index in [1.807, 2.05) is 23.1 Å². The first-order chi connectivity index (χ1) is 13.0. The van der Waals surface area contributed by atoms with E-state index in [9.17, 15) is 14.4 Å². The highest BCUT2D eigenvalue weighted by Crippen LogP contribution is 2.19. The fourth-order valence-corrected chi connectivity index (χ4v) is 3.80. The van der Waals surface area contributed by atoms with E-state index >= 15 is 0 Å². The summed E-state index contributed by atoms with van der Waals surface area (Å²) in [7, 11) is 0. The molecule has 146 valence electrons. The fraction of sp³-hybridized carbons (Fsp3) is 0.550. The highest BCUT2D eigenvalue weighted by Gasteiger charge is 2.27. The fourth-order valence-electron chi connectivity index (χ4n) is 3.80. The molecule has 3 amide bonds. The maximum absolute atomic E-state index is 12.4. The van der Waals surface area contributed by atoms with Gasteiger partial charge in [-0.05, 0) is 25.0 Å². The molecule has 0 saturated carbocycles. The molecular weight excluding hydrogens is 344 g/mol. The van der Waals surface area contributed by atoms with E-state index in [1.165, 1.54) is 5.69 Å². The van der Waals surface area contributed by atoms with Gasteiger partial charge in [0.1, 0.15) is 0 Å². The number of hydrogen-bond donors (Lipinski definition) is 1. The SMILES string of the molecule is NC(=O)C1CCN(C(=O)CCC(=O)N2CCN(c3ccccc3)CC2)CC1. The number of carbonyl (C=O) groups excluding carboxylic acids is 3. The Morgan fingerprint density at radius 3 is 1.85 bits per heavy atom. The molecule has 2 N–H and O–H groups in total. The average Bonchev–Trinajstić information content (AvgIpc) is 2.72. The summed E-state index contributed by atoms with van der Waals surface area (Å²) in [4.78, 5) is 41.9. The molecule has 1 aromatic carbocycles. The Hall–Kier alpha value is -2.57. The van der Waals surface area contributed by atoms with Crippen molar-refractivity contribution in [1.29, 1.82) is 0 Å². The molecule has 0 aromatic heterocycles. The topological polar surface area (TPSA) is 86.9 Å². The second-order valence-corrected chi connectivity index (χ2v) is 7.26. The molecular formula is C20H28N4O3. The van der Waals surface area contributed by atoms with Crippen LogP contribution in [0.4, 0.5) is 5.69 Å². The summed E-state index contributed by atoms with van der Waals surface area (Å²) in [5.41, 5.74) is 6.50. The van der Waals surface area contributed by atoms with E-state index in [-0.39, 0.29) is 36.5 Å². The van der Waals surface area contributed by atoms with Crippen molar-refractivity contribution in [2.75, 3.05) is 44.2 Å². The Balaban J connectivity index is 1.39. The van der Waals surface area contributed by atoms with Crippen LogP contribution in [0.3, 0.4) is 0 Å². The lowest BCUT2D eigenvalue weighted by Crippen LogP contribution is -2.49. The molecule has 0 atom stereocenters. The first-order valence-electron chi connectivity index (χ1n) is 9.69. The Morgan fingerprint density at radius 2 is 1.33 bits per heavy atom. The van der Waals surface area contributed by atoms with Gasteiger partial charge in [-0.2, -0.15) is 0 Å². The molecule has 0 aliphatic carbocycles. The zero-order chi connectivity index (χ0) is 19.2. The minimum Gasteiger partial charge on any atom is -0.369 e. The standard InChI is InChI=1S/C20H28N4O3/c21-20(27)16-8-10-23(11-9-16)18(25)6-7-19(26)24-14-12-22(13-15-24)17-4-2-1-3-5-17/h1-5,16H,6-15H2,(H2,21,27). The Kier molecular flexibility index (Phi) is 6.32. The summed E-state index contributed by atoms with van der Waals surface area (Å²) in [5.74, 6) is -0.374. The number of benzene rings is 1. The van der Waals surface area contributed by atoms with E-state index in [1.54, 1.807) is 4.90 Å². The molecule has 7 heteroatoms. The number of carbonyl (C=O) groups is 3. The highest BCUT2D eigenvalue weighted by molar-refractivity contribution is 5.84. The Morgan fingerprint density at radius 1 is 0.815 bits per heavy atom. The number of primary amides is 1. The molecule has 27 heavy (non-hydrogen) atoms. The molecule has 1 aromatic rings. The van der Waals surface area contributed by atoms with Gasteiger partial charge in [0.25, 0.3) is 0 Å². The van der Waals surface area contributed by atoms with Crippen molar-refractivity contribution in [3.8, 4) is 0 Å². The number of amides is 3. The largest absolute Gasteiger partial charge is 0.369 e. The van der Waals surface area contributed by atoms with Gasteiger partial charge in [0, 0.05) is 63.7 Å². The lowest BCUT2D eigenvalue weighted by molar-refractivity contribution is -0.138. The lowest BCUT2D eigenvalue weighted by Gasteiger charge is -2.36.